The molecule has 3 N–H and O–H groups in total. The van der Waals surface area contributed by atoms with E-state index in [0.29, 0.717) is 5.75 Å². The van der Waals surface area contributed by atoms with Gasteiger partial charge in [0.25, 0.3) is 0 Å². The minimum Gasteiger partial charge on any atom is -0.497 e. The van der Waals surface area contributed by atoms with E-state index < -0.39 is 16.4 Å². The number of carbonyl (C=O) groups excluding carboxylic acids is 1. The molecule has 0 saturated heterocycles. The van der Waals surface area contributed by atoms with Crippen LogP contribution >= 0.6 is 0 Å². The number of hydrogen-bond donors (Lipinski definition) is 2. The van der Waals surface area contributed by atoms with Crippen LogP contribution in [0.3, 0.4) is 0 Å². The van der Waals surface area contributed by atoms with Crippen LogP contribution in [-0.2, 0) is 4.79 Å². The second-order valence-corrected chi connectivity index (χ2v) is 4.64. The molecular formula is C13H19N3O5. The van der Waals surface area contributed by atoms with Crippen molar-refractivity contribution in [1.82, 2.24) is 5.32 Å². The molecule has 8 heteroatoms. The van der Waals surface area contributed by atoms with Crippen molar-refractivity contribution in [2.75, 3.05) is 20.8 Å². The van der Waals surface area contributed by atoms with E-state index in [0.717, 1.165) is 0 Å². The number of nitro benzene ring substituents is 1. The first-order valence-corrected chi connectivity index (χ1v) is 6.28. The number of carbonyl (C=O) groups is 1. The number of likely N-dealkylation sites (N-methyl/N-ethyl adjacent to an activating group) is 1. The van der Waals surface area contributed by atoms with Crippen molar-refractivity contribution in [1.29, 1.82) is 0 Å². The molecule has 1 atom stereocenters. The second kappa shape index (κ2) is 6.89. The number of nitro groups is 1. The Morgan fingerprint density at radius 3 is 2.67 bits per heavy atom. The summed E-state index contributed by atoms with van der Waals surface area (Å²) in [6.45, 7) is 1.73. The highest BCUT2D eigenvalue weighted by Crippen LogP contribution is 2.31. The van der Waals surface area contributed by atoms with E-state index in [2.05, 4.69) is 5.32 Å². The topological polar surface area (TPSA) is 117 Å². The van der Waals surface area contributed by atoms with E-state index in [1.807, 2.05) is 0 Å². The van der Waals surface area contributed by atoms with Gasteiger partial charge >= 0.3 is 5.69 Å². The van der Waals surface area contributed by atoms with Gasteiger partial charge < -0.3 is 20.5 Å². The second-order valence-electron chi connectivity index (χ2n) is 4.64. The van der Waals surface area contributed by atoms with Crippen molar-refractivity contribution in [2.45, 2.75) is 18.9 Å². The van der Waals surface area contributed by atoms with Crippen LogP contribution in [0.2, 0.25) is 0 Å². The first-order valence-electron chi connectivity index (χ1n) is 6.28. The maximum atomic E-state index is 11.3. The molecule has 0 aliphatic carbocycles. The predicted octanol–water partition coefficient (Wildman–Crippen LogP) is 0.836. The zero-order valence-electron chi connectivity index (χ0n) is 12.2. The number of primary amides is 1. The minimum absolute atomic E-state index is 0.0854. The Hall–Kier alpha value is -2.35. The number of benzene rings is 1. The lowest BCUT2D eigenvalue weighted by atomic mass is 9.98. The summed E-state index contributed by atoms with van der Waals surface area (Å²) >= 11 is 0. The van der Waals surface area contributed by atoms with Crippen molar-refractivity contribution >= 4 is 11.6 Å². The van der Waals surface area contributed by atoms with E-state index in [9.17, 15) is 14.9 Å². The summed E-state index contributed by atoms with van der Waals surface area (Å²) in [6.07, 6.45) is 0.271. The summed E-state index contributed by atoms with van der Waals surface area (Å²) in [5.41, 5.74) is 4.20. The summed E-state index contributed by atoms with van der Waals surface area (Å²) < 4.78 is 10.4. The SMILES string of the molecule is CNC(C)(CCOc1cc(OC)ccc1[N+](=O)[O-])C(N)=O. The molecule has 1 aromatic carbocycles. The Labute approximate surface area is 122 Å². The molecule has 8 nitrogen and oxygen atoms in total. The van der Waals surface area contributed by atoms with Gasteiger partial charge in [0.05, 0.1) is 24.2 Å². The van der Waals surface area contributed by atoms with E-state index in [1.54, 1.807) is 14.0 Å². The number of amides is 1. The molecule has 0 heterocycles. The molecule has 0 fully saturated rings. The summed E-state index contributed by atoms with van der Waals surface area (Å²) in [7, 11) is 3.06. The van der Waals surface area contributed by atoms with Crippen LogP contribution < -0.4 is 20.5 Å². The van der Waals surface area contributed by atoms with Crippen LogP contribution in [0.25, 0.3) is 0 Å². The Morgan fingerprint density at radius 1 is 1.52 bits per heavy atom. The van der Waals surface area contributed by atoms with Gasteiger partial charge in [-0.3, -0.25) is 14.9 Å². The van der Waals surface area contributed by atoms with Crippen LogP contribution in [0.1, 0.15) is 13.3 Å². The molecule has 1 amide bonds. The summed E-state index contributed by atoms with van der Waals surface area (Å²) in [6, 6.07) is 4.21. The molecule has 1 unspecified atom stereocenters. The third-order valence-corrected chi connectivity index (χ3v) is 3.32. The van der Waals surface area contributed by atoms with Crippen LogP contribution in [0.4, 0.5) is 5.69 Å². The molecule has 0 spiro atoms. The number of nitrogens with zero attached hydrogens (tertiary/aromatic N) is 1. The quantitative estimate of drug-likeness (QED) is 0.542. The van der Waals surface area contributed by atoms with Gasteiger partial charge in [-0.2, -0.15) is 0 Å². The monoisotopic (exact) mass is 297 g/mol. The summed E-state index contributed by atoms with van der Waals surface area (Å²) in [5.74, 6) is 0.0119. The third kappa shape index (κ3) is 4.06. The molecule has 0 aliphatic rings. The highest BCUT2D eigenvalue weighted by atomic mass is 16.6. The standard InChI is InChI=1S/C13H19N3O5/c1-13(15-2,12(14)17)6-7-21-11-8-9(20-3)4-5-10(11)16(18)19/h4-5,8,15H,6-7H2,1-3H3,(H2,14,17). The number of nitrogens with one attached hydrogen (secondary N) is 1. The molecule has 0 aliphatic heterocycles. The third-order valence-electron chi connectivity index (χ3n) is 3.32. The highest BCUT2D eigenvalue weighted by molar-refractivity contribution is 5.84. The number of hydrogen-bond acceptors (Lipinski definition) is 6. The van der Waals surface area contributed by atoms with E-state index >= 15 is 0 Å². The molecule has 0 bridgehead atoms. The predicted molar refractivity (Wildman–Crippen MR) is 76.4 cm³/mol. The maximum absolute atomic E-state index is 11.3. The molecule has 1 aromatic rings. The molecule has 0 radical (unpaired) electrons. The summed E-state index contributed by atoms with van der Waals surface area (Å²) in [4.78, 5) is 21.7. The van der Waals surface area contributed by atoms with Gasteiger partial charge in [-0.1, -0.05) is 0 Å². The van der Waals surface area contributed by atoms with Gasteiger partial charge in [-0.15, -0.1) is 0 Å². The van der Waals surface area contributed by atoms with Crippen molar-refractivity contribution in [3.8, 4) is 11.5 Å². The number of methoxy groups -OCH3 is 1. The lowest BCUT2D eigenvalue weighted by molar-refractivity contribution is -0.385. The Kier molecular flexibility index (Phi) is 5.48. The average Bonchev–Trinajstić information content (AvgIpc) is 2.46. The molecule has 0 saturated carbocycles. The molecule has 116 valence electrons. The van der Waals surface area contributed by atoms with E-state index in [-0.39, 0.29) is 24.5 Å². The fourth-order valence-corrected chi connectivity index (χ4v) is 1.62. The Balaban J connectivity index is 2.83. The molecule has 1 rings (SSSR count). The Morgan fingerprint density at radius 2 is 2.19 bits per heavy atom. The van der Waals surface area contributed by atoms with E-state index in [1.165, 1.54) is 25.3 Å². The lowest BCUT2D eigenvalue weighted by Gasteiger charge is -2.25. The smallest absolute Gasteiger partial charge is 0.311 e. The van der Waals surface area contributed by atoms with Gasteiger partial charge in [0.2, 0.25) is 11.7 Å². The average molecular weight is 297 g/mol. The van der Waals surface area contributed by atoms with Gasteiger partial charge in [-0.25, -0.2) is 0 Å². The van der Waals surface area contributed by atoms with Crippen molar-refractivity contribution in [3.63, 3.8) is 0 Å². The van der Waals surface area contributed by atoms with Crippen molar-refractivity contribution in [3.05, 3.63) is 28.3 Å². The number of rotatable bonds is 8. The van der Waals surface area contributed by atoms with Crippen molar-refractivity contribution < 1.29 is 19.2 Å². The highest BCUT2D eigenvalue weighted by Gasteiger charge is 2.29. The molecule has 0 aromatic heterocycles. The number of nitrogens with two attached hydrogens (primary N) is 1. The minimum atomic E-state index is -0.937. The zero-order chi connectivity index (χ0) is 16.0. The normalized spacial score (nSPS) is 13.3. The maximum Gasteiger partial charge on any atom is 0.311 e. The van der Waals surface area contributed by atoms with Crippen LogP contribution in [-0.4, -0.2) is 37.1 Å². The first-order chi connectivity index (χ1) is 9.84. The fourth-order valence-electron chi connectivity index (χ4n) is 1.62. The largest absolute Gasteiger partial charge is 0.497 e. The number of ether oxygens (including phenoxy) is 2. The molecule has 21 heavy (non-hydrogen) atoms. The van der Waals surface area contributed by atoms with Crippen LogP contribution in [0.15, 0.2) is 18.2 Å². The van der Waals surface area contributed by atoms with Gasteiger partial charge in [0.1, 0.15) is 5.75 Å². The first kappa shape index (κ1) is 16.7. The van der Waals surface area contributed by atoms with Gasteiger partial charge in [0.15, 0.2) is 0 Å². The van der Waals surface area contributed by atoms with Gasteiger partial charge in [-0.05, 0) is 20.0 Å². The molecular weight excluding hydrogens is 278 g/mol. The summed E-state index contributed by atoms with van der Waals surface area (Å²) in [5, 5.41) is 13.8. The lowest BCUT2D eigenvalue weighted by Crippen LogP contribution is -2.52. The van der Waals surface area contributed by atoms with Crippen molar-refractivity contribution in [2.24, 2.45) is 5.73 Å². The zero-order valence-corrected chi connectivity index (χ0v) is 12.2. The van der Waals surface area contributed by atoms with E-state index in [4.69, 9.17) is 15.2 Å². The van der Waals surface area contributed by atoms with Gasteiger partial charge in [0, 0.05) is 18.6 Å². The van der Waals surface area contributed by atoms with Crippen LogP contribution in [0.5, 0.6) is 11.5 Å². The fraction of sp³-hybridized carbons (Fsp3) is 0.462. The van der Waals surface area contributed by atoms with Crippen LogP contribution in [0, 0.1) is 10.1 Å². The Bertz CT molecular complexity index is 535.